The van der Waals surface area contributed by atoms with E-state index in [2.05, 4.69) is 30.9 Å². The van der Waals surface area contributed by atoms with Crippen LogP contribution in [0.1, 0.15) is 0 Å². The maximum Gasteiger partial charge on any atom is 0.275 e. The normalized spacial score (nSPS) is 10.2. The van der Waals surface area contributed by atoms with E-state index in [9.17, 15) is 4.79 Å². The minimum Gasteiger partial charge on any atom is -0.494 e. The smallest absolute Gasteiger partial charge is 0.275 e. The van der Waals surface area contributed by atoms with E-state index < -0.39 is 5.56 Å². The maximum absolute atomic E-state index is 11.3. The standard InChI is InChI=1S/C10H9BrN4O2/c1-17-6-2-3-7(11)14-9(6)5-4-8(16)15-10(12)13-5/h2-4H,1H3,(H3,12,13,15,16). The first-order chi connectivity index (χ1) is 8.10. The summed E-state index contributed by atoms with van der Waals surface area (Å²) in [7, 11) is 1.52. The average Bonchev–Trinajstić information content (AvgIpc) is 2.27. The van der Waals surface area contributed by atoms with Crippen molar-refractivity contribution in [1.82, 2.24) is 15.0 Å². The fourth-order valence-electron chi connectivity index (χ4n) is 1.38. The number of pyridine rings is 1. The SMILES string of the molecule is COc1ccc(Br)nc1-c1cc(=O)nc(N)[nH]1. The molecule has 2 aromatic rings. The van der Waals surface area contributed by atoms with Gasteiger partial charge in [-0.2, -0.15) is 4.98 Å². The molecule has 0 atom stereocenters. The van der Waals surface area contributed by atoms with E-state index in [0.29, 0.717) is 21.7 Å². The number of hydrogen-bond donors (Lipinski definition) is 2. The molecule has 0 bridgehead atoms. The Bertz CT molecular complexity index is 611. The van der Waals surface area contributed by atoms with Crippen LogP contribution in [-0.2, 0) is 0 Å². The van der Waals surface area contributed by atoms with Crippen molar-refractivity contribution in [3.05, 3.63) is 33.2 Å². The molecule has 2 rings (SSSR count). The zero-order valence-corrected chi connectivity index (χ0v) is 10.5. The lowest BCUT2D eigenvalue weighted by Gasteiger charge is -2.08. The van der Waals surface area contributed by atoms with E-state index in [1.807, 2.05) is 0 Å². The molecule has 0 saturated heterocycles. The van der Waals surface area contributed by atoms with Gasteiger partial charge in [-0.15, -0.1) is 0 Å². The number of H-pyrrole nitrogens is 1. The Hall–Kier alpha value is -1.89. The second-order valence-electron chi connectivity index (χ2n) is 3.20. The van der Waals surface area contributed by atoms with Gasteiger partial charge in [0.05, 0.1) is 12.8 Å². The summed E-state index contributed by atoms with van der Waals surface area (Å²) in [4.78, 5) is 21.8. The van der Waals surface area contributed by atoms with Crippen molar-refractivity contribution >= 4 is 21.9 Å². The van der Waals surface area contributed by atoms with Gasteiger partial charge in [-0.1, -0.05) is 0 Å². The number of halogens is 1. The molecule has 7 heteroatoms. The predicted octanol–water partition coefficient (Wildman–Crippen LogP) is 1.19. The van der Waals surface area contributed by atoms with Gasteiger partial charge in [0.15, 0.2) is 0 Å². The molecule has 0 aliphatic rings. The zero-order valence-electron chi connectivity index (χ0n) is 8.90. The van der Waals surface area contributed by atoms with Crippen molar-refractivity contribution in [2.24, 2.45) is 0 Å². The minimum atomic E-state index is -0.430. The van der Waals surface area contributed by atoms with Crippen LogP contribution in [0.4, 0.5) is 5.95 Å². The first-order valence-corrected chi connectivity index (χ1v) is 5.47. The van der Waals surface area contributed by atoms with Gasteiger partial charge in [-0.25, -0.2) is 4.98 Å². The molecular formula is C10H9BrN4O2. The summed E-state index contributed by atoms with van der Waals surface area (Å²) in [6.45, 7) is 0. The Morgan fingerprint density at radius 1 is 1.41 bits per heavy atom. The Labute approximate surface area is 105 Å². The van der Waals surface area contributed by atoms with Crippen LogP contribution in [0.25, 0.3) is 11.4 Å². The molecule has 0 aliphatic heterocycles. The van der Waals surface area contributed by atoms with Gasteiger partial charge in [0.1, 0.15) is 16.0 Å². The highest BCUT2D eigenvalue weighted by atomic mass is 79.9. The first-order valence-electron chi connectivity index (χ1n) is 4.68. The number of nitrogens with zero attached hydrogens (tertiary/aromatic N) is 2. The Morgan fingerprint density at radius 2 is 2.18 bits per heavy atom. The molecule has 2 aromatic heterocycles. The summed E-state index contributed by atoms with van der Waals surface area (Å²) >= 11 is 3.25. The van der Waals surface area contributed by atoms with E-state index in [1.54, 1.807) is 12.1 Å². The largest absolute Gasteiger partial charge is 0.494 e. The van der Waals surface area contributed by atoms with Crippen molar-refractivity contribution in [1.29, 1.82) is 0 Å². The Morgan fingerprint density at radius 3 is 2.82 bits per heavy atom. The predicted molar refractivity (Wildman–Crippen MR) is 66.8 cm³/mol. The quantitative estimate of drug-likeness (QED) is 0.812. The van der Waals surface area contributed by atoms with Crippen molar-refractivity contribution in [2.45, 2.75) is 0 Å². The number of hydrogen-bond acceptors (Lipinski definition) is 5. The zero-order chi connectivity index (χ0) is 12.4. The molecule has 0 spiro atoms. The Balaban J connectivity index is 2.66. The lowest BCUT2D eigenvalue weighted by Crippen LogP contribution is -2.11. The van der Waals surface area contributed by atoms with Gasteiger partial charge in [0.25, 0.3) is 5.56 Å². The first kappa shape index (κ1) is 11.6. The van der Waals surface area contributed by atoms with Crippen molar-refractivity contribution in [3.63, 3.8) is 0 Å². The number of ether oxygens (including phenoxy) is 1. The van der Waals surface area contributed by atoms with E-state index in [0.717, 1.165) is 0 Å². The van der Waals surface area contributed by atoms with E-state index in [-0.39, 0.29) is 5.95 Å². The van der Waals surface area contributed by atoms with Crippen LogP contribution >= 0.6 is 15.9 Å². The third-order valence-corrected chi connectivity index (χ3v) is 2.50. The van der Waals surface area contributed by atoms with Gasteiger partial charge in [-0.3, -0.25) is 4.79 Å². The molecule has 17 heavy (non-hydrogen) atoms. The summed E-state index contributed by atoms with van der Waals surface area (Å²) < 4.78 is 5.80. The Kier molecular flexibility index (Phi) is 3.10. The summed E-state index contributed by atoms with van der Waals surface area (Å²) in [5.41, 5.74) is 6.00. The molecule has 6 nitrogen and oxygen atoms in total. The molecule has 0 aliphatic carbocycles. The summed E-state index contributed by atoms with van der Waals surface area (Å²) in [5.74, 6) is 0.575. The summed E-state index contributed by atoms with van der Waals surface area (Å²) in [6, 6.07) is 4.79. The van der Waals surface area contributed by atoms with Crippen molar-refractivity contribution < 1.29 is 4.74 Å². The second kappa shape index (κ2) is 4.54. The molecule has 0 saturated carbocycles. The highest BCUT2D eigenvalue weighted by Gasteiger charge is 2.10. The monoisotopic (exact) mass is 296 g/mol. The average molecular weight is 297 g/mol. The topological polar surface area (TPSA) is 93.9 Å². The number of nitrogen functional groups attached to an aromatic ring is 1. The molecule has 0 fully saturated rings. The fraction of sp³-hybridized carbons (Fsp3) is 0.100. The highest BCUT2D eigenvalue weighted by molar-refractivity contribution is 9.10. The number of nitrogens with two attached hydrogens (primary N) is 1. The van der Waals surface area contributed by atoms with Gasteiger partial charge in [-0.05, 0) is 28.1 Å². The third kappa shape index (κ3) is 2.44. The molecule has 88 valence electrons. The van der Waals surface area contributed by atoms with Crippen molar-refractivity contribution in [3.8, 4) is 17.1 Å². The van der Waals surface area contributed by atoms with Gasteiger partial charge in [0.2, 0.25) is 5.95 Å². The van der Waals surface area contributed by atoms with Gasteiger partial charge in [0, 0.05) is 6.07 Å². The molecule has 2 heterocycles. The second-order valence-corrected chi connectivity index (χ2v) is 4.02. The van der Waals surface area contributed by atoms with Crippen LogP contribution in [0, 0.1) is 0 Å². The molecule has 0 unspecified atom stereocenters. The number of rotatable bonds is 2. The molecular weight excluding hydrogens is 288 g/mol. The molecule has 0 aromatic carbocycles. The van der Waals surface area contributed by atoms with Crippen LogP contribution in [0.5, 0.6) is 5.75 Å². The fourth-order valence-corrected chi connectivity index (χ4v) is 1.69. The van der Waals surface area contributed by atoms with E-state index in [1.165, 1.54) is 13.2 Å². The summed E-state index contributed by atoms with van der Waals surface area (Å²) in [5, 5.41) is 0. The van der Waals surface area contributed by atoms with Crippen molar-refractivity contribution in [2.75, 3.05) is 12.8 Å². The third-order valence-electron chi connectivity index (χ3n) is 2.06. The van der Waals surface area contributed by atoms with E-state index >= 15 is 0 Å². The van der Waals surface area contributed by atoms with Crippen LogP contribution in [-0.4, -0.2) is 22.1 Å². The molecule has 0 radical (unpaired) electrons. The molecule has 3 N–H and O–H groups in total. The van der Waals surface area contributed by atoms with Gasteiger partial charge < -0.3 is 15.5 Å². The molecule has 0 amide bonds. The number of methoxy groups -OCH3 is 1. The number of anilines is 1. The minimum absolute atomic E-state index is 0.0383. The van der Waals surface area contributed by atoms with E-state index in [4.69, 9.17) is 10.5 Å². The van der Waals surface area contributed by atoms with Crippen LogP contribution < -0.4 is 16.0 Å². The van der Waals surface area contributed by atoms with Crippen LogP contribution in [0.15, 0.2) is 27.6 Å². The van der Waals surface area contributed by atoms with Crippen LogP contribution in [0.3, 0.4) is 0 Å². The number of aromatic nitrogens is 3. The maximum atomic E-state index is 11.3. The van der Waals surface area contributed by atoms with Crippen LogP contribution in [0.2, 0.25) is 0 Å². The lowest BCUT2D eigenvalue weighted by molar-refractivity contribution is 0.414. The highest BCUT2D eigenvalue weighted by Crippen LogP contribution is 2.27. The summed E-state index contributed by atoms with van der Waals surface area (Å²) in [6.07, 6.45) is 0. The van der Waals surface area contributed by atoms with Gasteiger partial charge >= 0.3 is 0 Å². The lowest BCUT2D eigenvalue weighted by atomic mass is 10.2. The number of aromatic amines is 1. The number of nitrogens with one attached hydrogen (secondary N) is 1.